The molecule has 0 atom stereocenters. The van der Waals surface area contributed by atoms with E-state index in [-0.39, 0.29) is 24.8 Å². The molecule has 1 aromatic carbocycles. The van der Waals surface area contributed by atoms with Gasteiger partial charge in [0.25, 0.3) is 0 Å². The highest BCUT2D eigenvalue weighted by Gasteiger charge is 2.12. The number of hydrogen-bond donors (Lipinski definition) is 2. The van der Waals surface area contributed by atoms with Crippen LogP contribution >= 0.6 is 23.1 Å². The van der Waals surface area contributed by atoms with Crippen LogP contribution in [-0.4, -0.2) is 29.1 Å². The highest BCUT2D eigenvalue weighted by molar-refractivity contribution is 8.01. The maximum atomic E-state index is 11.9. The van der Waals surface area contributed by atoms with E-state index in [2.05, 4.69) is 21.7 Å². The van der Waals surface area contributed by atoms with Crippen LogP contribution in [0.4, 0.5) is 5.13 Å². The Balaban J connectivity index is 1.79. The summed E-state index contributed by atoms with van der Waals surface area (Å²) < 4.78 is 0.903. The number of benzene rings is 1. The molecule has 0 aliphatic heterocycles. The Morgan fingerprint density at radius 1 is 1.29 bits per heavy atom. The summed E-state index contributed by atoms with van der Waals surface area (Å²) in [5.41, 5.74) is 1.67. The fourth-order valence-corrected chi connectivity index (χ4v) is 3.67. The predicted octanol–water partition coefficient (Wildman–Crippen LogP) is 2.36. The zero-order chi connectivity index (χ0) is 17.4. The highest BCUT2D eigenvalue weighted by Crippen LogP contribution is 2.31. The van der Waals surface area contributed by atoms with Gasteiger partial charge in [0.05, 0.1) is 34.7 Å². The summed E-state index contributed by atoms with van der Waals surface area (Å²) in [6.45, 7) is 1.72. The number of aryl methyl sites for hydroxylation is 1. The van der Waals surface area contributed by atoms with Crippen molar-refractivity contribution in [2.75, 3.05) is 17.6 Å². The van der Waals surface area contributed by atoms with Crippen molar-refractivity contribution in [3.63, 3.8) is 0 Å². The zero-order valence-electron chi connectivity index (χ0n) is 13.0. The van der Waals surface area contributed by atoms with Crippen LogP contribution in [0.3, 0.4) is 0 Å². The molecule has 2 rings (SSSR count). The second-order valence-corrected chi connectivity index (χ2v) is 7.07. The average Bonchev–Trinajstić information content (AvgIpc) is 2.91. The fraction of sp³-hybridized carbons (Fsp3) is 0.250. The molecule has 8 heteroatoms. The maximum absolute atomic E-state index is 11.9. The summed E-state index contributed by atoms with van der Waals surface area (Å²) in [6.07, 6.45) is 0.236. The van der Waals surface area contributed by atoms with Crippen molar-refractivity contribution in [1.29, 1.82) is 5.26 Å². The van der Waals surface area contributed by atoms with Crippen LogP contribution in [0.15, 0.2) is 34.5 Å². The molecule has 0 saturated heterocycles. The summed E-state index contributed by atoms with van der Waals surface area (Å²) in [4.78, 5) is 27.9. The minimum atomic E-state index is -0.331. The first-order valence-electron chi connectivity index (χ1n) is 7.16. The van der Waals surface area contributed by atoms with Gasteiger partial charge in [-0.15, -0.1) is 0 Å². The van der Waals surface area contributed by atoms with Gasteiger partial charge in [0.15, 0.2) is 5.13 Å². The molecule has 0 aliphatic rings. The molecule has 0 aliphatic carbocycles. The number of anilines is 1. The van der Waals surface area contributed by atoms with E-state index in [1.165, 1.54) is 23.1 Å². The molecule has 2 aromatic rings. The molecular weight excluding hydrogens is 344 g/mol. The molecule has 1 heterocycles. The van der Waals surface area contributed by atoms with Gasteiger partial charge in [-0.25, -0.2) is 4.98 Å². The molecule has 0 fully saturated rings. The summed E-state index contributed by atoms with van der Waals surface area (Å²) in [6, 6.07) is 11.4. The van der Waals surface area contributed by atoms with Crippen molar-refractivity contribution < 1.29 is 9.59 Å². The van der Waals surface area contributed by atoms with E-state index in [4.69, 9.17) is 5.26 Å². The minimum absolute atomic E-state index is 0.106. The van der Waals surface area contributed by atoms with Crippen molar-refractivity contribution in [2.45, 2.75) is 17.6 Å². The molecule has 6 nitrogen and oxygen atoms in total. The van der Waals surface area contributed by atoms with Gasteiger partial charge in [-0.2, -0.15) is 5.26 Å². The Morgan fingerprint density at radius 2 is 2.04 bits per heavy atom. The van der Waals surface area contributed by atoms with Crippen LogP contribution in [0.1, 0.15) is 11.3 Å². The van der Waals surface area contributed by atoms with Gasteiger partial charge in [-0.3, -0.25) is 9.59 Å². The third-order valence-electron chi connectivity index (χ3n) is 2.92. The fourth-order valence-electron chi connectivity index (χ4n) is 1.85. The van der Waals surface area contributed by atoms with E-state index >= 15 is 0 Å². The van der Waals surface area contributed by atoms with Gasteiger partial charge in [0, 0.05) is 0 Å². The van der Waals surface area contributed by atoms with E-state index in [1.807, 2.05) is 37.3 Å². The average molecular weight is 360 g/mol. The van der Waals surface area contributed by atoms with Gasteiger partial charge < -0.3 is 10.6 Å². The normalized spacial score (nSPS) is 10.0. The van der Waals surface area contributed by atoms with Gasteiger partial charge in [-0.05, 0) is 12.5 Å². The second kappa shape index (κ2) is 9.05. The predicted molar refractivity (Wildman–Crippen MR) is 95.0 cm³/mol. The number of amides is 2. The van der Waals surface area contributed by atoms with Crippen LogP contribution in [0.25, 0.3) is 0 Å². The van der Waals surface area contributed by atoms with Crippen LogP contribution in [0.2, 0.25) is 0 Å². The lowest BCUT2D eigenvalue weighted by Gasteiger charge is -2.05. The molecule has 0 spiro atoms. The topological polar surface area (TPSA) is 94.9 Å². The number of carbonyl (C=O) groups excluding carboxylic acids is 2. The summed E-state index contributed by atoms with van der Waals surface area (Å²) in [7, 11) is 0. The number of thiazole rings is 1. The first-order chi connectivity index (χ1) is 11.6. The summed E-state index contributed by atoms with van der Waals surface area (Å²) >= 11 is 2.71. The smallest absolute Gasteiger partial charge is 0.245 e. The van der Waals surface area contributed by atoms with Crippen LogP contribution in [0, 0.1) is 18.3 Å². The number of nitrogens with zero attached hydrogens (tertiary/aromatic N) is 2. The molecule has 0 saturated carbocycles. The molecule has 0 bridgehead atoms. The largest absolute Gasteiger partial charge is 0.347 e. The summed E-state index contributed by atoms with van der Waals surface area (Å²) in [5, 5.41) is 14.3. The Labute approximate surface area is 148 Å². The Morgan fingerprint density at radius 3 is 2.75 bits per heavy atom. The third kappa shape index (κ3) is 5.68. The number of rotatable bonds is 7. The number of nitriles is 1. The third-order valence-corrected chi connectivity index (χ3v) is 5.22. The second-order valence-electron chi connectivity index (χ2n) is 4.83. The van der Waals surface area contributed by atoms with Crippen molar-refractivity contribution in [3.8, 4) is 6.07 Å². The summed E-state index contributed by atoms with van der Waals surface area (Å²) in [5.74, 6) is -0.203. The molecule has 2 amide bonds. The zero-order valence-corrected chi connectivity index (χ0v) is 14.7. The first kappa shape index (κ1) is 18.0. The molecule has 24 heavy (non-hydrogen) atoms. The number of aromatic nitrogens is 1. The standard InChI is InChI=1S/C16H16N4O2S2/c1-11-15(23-8-7-17)24-16(19-11)20-14(22)10-18-13(21)9-12-5-3-2-4-6-12/h2-6H,8-10H2,1H3,(H,18,21)(H,19,20,22). The highest BCUT2D eigenvalue weighted by atomic mass is 32.2. The van der Waals surface area contributed by atoms with Gasteiger partial charge in [0.1, 0.15) is 0 Å². The van der Waals surface area contributed by atoms with Crippen LogP contribution < -0.4 is 10.6 Å². The van der Waals surface area contributed by atoms with E-state index in [0.717, 1.165) is 15.5 Å². The molecule has 2 N–H and O–H groups in total. The first-order valence-corrected chi connectivity index (χ1v) is 8.96. The Bertz CT molecular complexity index is 753. The monoisotopic (exact) mass is 360 g/mol. The van der Waals surface area contributed by atoms with E-state index in [0.29, 0.717) is 10.9 Å². The lowest BCUT2D eigenvalue weighted by atomic mass is 10.1. The molecule has 124 valence electrons. The lowest BCUT2D eigenvalue weighted by molar-refractivity contribution is -0.123. The van der Waals surface area contributed by atoms with E-state index in [9.17, 15) is 9.59 Å². The molecule has 0 radical (unpaired) electrons. The van der Waals surface area contributed by atoms with Gasteiger partial charge >= 0.3 is 0 Å². The maximum Gasteiger partial charge on any atom is 0.245 e. The van der Waals surface area contributed by atoms with E-state index in [1.54, 1.807) is 0 Å². The quantitative estimate of drug-likeness (QED) is 0.739. The van der Waals surface area contributed by atoms with Crippen LogP contribution in [-0.2, 0) is 16.0 Å². The number of thioether (sulfide) groups is 1. The Hall–Kier alpha value is -2.37. The van der Waals surface area contributed by atoms with E-state index < -0.39 is 0 Å². The van der Waals surface area contributed by atoms with Crippen molar-refractivity contribution in [1.82, 2.24) is 10.3 Å². The SMILES string of the molecule is Cc1nc(NC(=O)CNC(=O)Cc2ccccc2)sc1SCC#N. The molecular formula is C16H16N4O2S2. The van der Waals surface area contributed by atoms with Crippen molar-refractivity contribution >= 4 is 40.0 Å². The number of nitrogens with one attached hydrogen (secondary N) is 2. The van der Waals surface area contributed by atoms with Crippen molar-refractivity contribution in [3.05, 3.63) is 41.6 Å². The number of carbonyl (C=O) groups is 2. The minimum Gasteiger partial charge on any atom is -0.347 e. The molecule has 0 unspecified atom stereocenters. The number of hydrogen-bond acceptors (Lipinski definition) is 6. The Kier molecular flexibility index (Phi) is 6.78. The van der Waals surface area contributed by atoms with Gasteiger partial charge in [-0.1, -0.05) is 53.4 Å². The van der Waals surface area contributed by atoms with Gasteiger partial charge in [0.2, 0.25) is 11.8 Å². The molecule has 1 aromatic heterocycles. The van der Waals surface area contributed by atoms with Crippen molar-refractivity contribution in [2.24, 2.45) is 0 Å². The lowest BCUT2D eigenvalue weighted by Crippen LogP contribution is -2.33. The van der Waals surface area contributed by atoms with Crippen LogP contribution in [0.5, 0.6) is 0 Å².